The number of benzene rings is 1. The third-order valence-electron chi connectivity index (χ3n) is 9.32. The van der Waals surface area contributed by atoms with E-state index in [0.717, 1.165) is 47.8 Å². The predicted octanol–water partition coefficient (Wildman–Crippen LogP) is 4.84. The van der Waals surface area contributed by atoms with Gasteiger partial charge in [0.25, 0.3) is 0 Å². The SMILES string of the molecule is C/C(=C\C1=C(NC=O)CC2(c3cc(O)ccc3C)CCN(CC3CC3)C(C)C2C1)C(=O)NC(CC(C)C)C(N)=O.CC. The molecule has 3 aliphatic rings. The quantitative estimate of drug-likeness (QED) is 0.220. The number of phenols is 1. The summed E-state index contributed by atoms with van der Waals surface area (Å²) in [6.07, 6.45) is 7.85. The zero-order valence-electron chi connectivity index (χ0n) is 26.6. The summed E-state index contributed by atoms with van der Waals surface area (Å²) in [5.74, 6) is 0.562. The fraction of sp³-hybridized carbons (Fsp3) is 0.618. The van der Waals surface area contributed by atoms with Gasteiger partial charge >= 0.3 is 0 Å². The number of piperidine rings is 1. The molecule has 0 spiro atoms. The summed E-state index contributed by atoms with van der Waals surface area (Å²) < 4.78 is 0. The van der Waals surface area contributed by atoms with Gasteiger partial charge in [-0.1, -0.05) is 33.8 Å². The maximum atomic E-state index is 13.1. The second kappa shape index (κ2) is 14.4. The smallest absolute Gasteiger partial charge is 0.247 e. The topological polar surface area (TPSA) is 125 Å². The number of hydrogen-bond donors (Lipinski definition) is 4. The summed E-state index contributed by atoms with van der Waals surface area (Å²) in [5, 5.41) is 16.3. The highest BCUT2D eigenvalue weighted by Crippen LogP contribution is 2.54. The fourth-order valence-corrected chi connectivity index (χ4v) is 6.97. The second-order valence-electron chi connectivity index (χ2n) is 12.7. The number of nitrogens with two attached hydrogens (primary N) is 1. The minimum absolute atomic E-state index is 0.201. The molecule has 2 aliphatic carbocycles. The standard InChI is InChI=1S/C32H46N4O4.C2H6/c1-19(2)12-28(30(33)39)35-31(40)21(4)13-24-14-27-22(5)36(17-23-7-8-23)11-10-32(27,16-29(24)34-18-37)26-15-25(38)9-6-20(26)3;1-2/h6,9,13,15,18-19,22-23,27-28,38H,7-8,10-12,14,16-17H2,1-5H3,(H2,33,39)(H,34,37)(H,35,40);1-2H3/b21-13+;. The molecule has 4 rings (SSSR count). The Morgan fingerprint density at radius 3 is 2.52 bits per heavy atom. The number of aromatic hydroxyl groups is 1. The summed E-state index contributed by atoms with van der Waals surface area (Å²) in [6, 6.07) is 5.16. The lowest BCUT2D eigenvalue weighted by atomic mass is 9.56. The minimum Gasteiger partial charge on any atom is -0.508 e. The average Bonchev–Trinajstić information content (AvgIpc) is 3.77. The second-order valence-corrected chi connectivity index (χ2v) is 12.7. The molecule has 0 aromatic heterocycles. The van der Waals surface area contributed by atoms with Gasteiger partial charge in [0.1, 0.15) is 11.8 Å². The van der Waals surface area contributed by atoms with E-state index in [2.05, 4.69) is 29.4 Å². The van der Waals surface area contributed by atoms with Crippen LogP contribution >= 0.6 is 0 Å². The van der Waals surface area contributed by atoms with Crippen LogP contribution in [0.25, 0.3) is 0 Å². The predicted molar refractivity (Wildman–Crippen MR) is 168 cm³/mol. The first-order valence-corrected chi connectivity index (χ1v) is 15.7. The average molecular weight is 581 g/mol. The number of rotatable bonds is 11. The summed E-state index contributed by atoms with van der Waals surface area (Å²) in [7, 11) is 0. The van der Waals surface area contributed by atoms with Crippen LogP contribution in [0, 0.1) is 24.7 Å². The lowest BCUT2D eigenvalue weighted by Crippen LogP contribution is -2.57. The molecule has 2 fully saturated rings. The van der Waals surface area contributed by atoms with Crippen molar-refractivity contribution in [3.63, 3.8) is 0 Å². The van der Waals surface area contributed by atoms with E-state index in [9.17, 15) is 19.5 Å². The molecule has 1 saturated carbocycles. The number of carbonyl (C=O) groups is 3. The van der Waals surface area contributed by atoms with Gasteiger partial charge in [0.05, 0.1) is 0 Å². The molecular formula is C34H52N4O4. The van der Waals surface area contributed by atoms with Gasteiger partial charge in [-0.15, -0.1) is 0 Å². The molecule has 1 aliphatic heterocycles. The van der Waals surface area contributed by atoms with Crippen molar-refractivity contribution < 1.29 is 19.5 Å². The van der Waals surface area contributed by atoms with Crippen molar-refractivity contribution in [2.45, 2.75) is 104 Å². The fourth-order valence-electron chi connectivity index (χ4n) is 6.97. The third kappa shape index (κ3) is 7.63. The minimum atomic E-state index is -0.737. The number of fused-ring (bicyclic) bond motifs is 1. The number of nitrogens with one attached hydrogen (secondary N) is 2. The van der Waals surface area contributed by atoms with E-state index >= 15 is 0 Å². The van der Waals surface area contributed by atoms with Crippen molar-refractivity contribution in [2.24, 2.45) is 23.5 Å². The number of nitrogens with zero attached hydrogens (tertiary/aromatic N) is 1. The van der Waals surface area contributed by atoms with Crippen LogP contribution in [-0.4, -0.2) is 53.4 Å². The first-order chi connectivity index (χ1) is 19.9. The molecule has 232 valence electrons. The van der Waals surface area contributed by atoms with Crippen LogP contribution in [0.3, 0.4) is 0 Å². The molecule has 8 heteroatoms. The van der Waals surface area contributed by atoms with Crippen LogP contribution in [0.1, 0.15) is 91.2 Å². The number of hydrogen-bond acceptors (Lipinski definition) is 5. The Hall–Kier alpha value is -3.13. The number of aryl methyl sites for hydroxylation is 1. The monoisotopic (exact) mass is 580 g/mol. The van der Waals surface area contributed by atoms with E-state index in [0.29, 0.717) is 31.2 Å². The number of primary amides is 1. The normalized spacial score (nSPS) is 25.2. The molecule has 1 aromatic carbocycles. The first-order valence-electron chi connectivity index (χ1n) is 15.7. The molecule has 1 saturated heterocycles. The van der Waals surface area contributed by atoms with Crippen LogP contribution in [0.4, 0.5) is 0 Å². The number of likely N-dealkylation sites (tertiary alicyclic amines) is 1. The van der Waals surface area contributed by atoms with E-state index in [1.165, 1.54) is 12.8 Å². The Morgan fingerprint density at radius 1 is 1.24 bits per heavy atom. The van der Waals surface area contributed by atoms with Crippen molar-refractivity contribution in [3.8, 4) is 5.75 Å². The zero-order chi connectivity index (χ0) is 31.2. The highest BCUT2D eigenvalue weighted by Gasteiger charge is 2.51. The van der Waals surface area contributed by atoms with Crippen molar-refractivity contribution in [2.75, 3.05) is 13.1 Å². The maximum Gasteiger partial charge on any atom is 0.247 e. The highest BCUT2D eigenvalue weighted by molar-refractivity contribution is 5.96. The van der Waals surface area contributed by atoms with E-state index in [1.807, 2.05) is 45.9 Å². The molecule has 1 aromatic rings. The Bertz CT molecular complexity index is 1200. The van der Waals surface area contributed by atoms with Crippen molar-refractivity contribution in [3.05, 3.63) is 52.2 Å². The van der Waals surface area contributed by atoms with Crippen LogP contribution in [0.2, 0.25) is 0 Å². The lowest BCUT2D eigenvalue weighted by molar-refractivity contribution is -0.125. The van der Waals surface area contributed by atoms with Gasteiger partial charge in [-0.3, -0.25) is 14.4 Å². The van der Waals surface area contributed by atoms with Gasteiger partial charge in [-0.25, -0.2) is 0 Å². The molecule has 3 amide bonds. The van der Waals surface area contributed by atoms with E-state index in [-0.39, 0.29) is 34.9 Å². The van der Waals surface area contributed by atoms with Crippen LogP contribution in [-0.2, 0) is 19.8 Å². The largest absolute Gasteiger partial charge is 0.508 e. The van der Waals surface area contributed by atoms with Gasteiger partial charge in [-0.05, 0) is 119 Å². The molecule has 8 nitrogen and oxygen atoms in total. The molecule has 5 N–H and O–H groups in total. The Labute approximate surface area is 252 Å². The lowest BCUT2D eigenvalue weighted by Gasteiger charge is -2.55. The Balaban J connectivity index is 0.00000237. The van der Waals surface area contributed by atoms with E-state index in [1.54, 1.807) is 13.0 Å². The summed E-state index contributed by atoms with van der Waals surface area (Å²) in [4.78, 5) is 39.5. The van der Waals surface area contributed by atoms with E-state index in [4.69, 9.17) is 5.73 Å². The first kappa shape index (κ1) is 33.4. The van der Waals surface area contributed by atoms with Crippen molar-refractivity contribution in [1.82, 2.24) is 15.5 Å². The number of carbonyl (C=O) groups excluding carboxylic acids is 3. The van der Waals surface area contributed by atoms with Crippen LogP contribution in [0.15, 0.2) is 41.1 Å². The van der Waals surface area contributed by atoms with Crippen LogP contribution < -0.4 is 16.4 Å². The number of phenolic OH excluding ortho intramolecular Hbond substituents is 1. The van der Waals surface area contributed by atoms with Crippen molar-refractivity contribution in [1.29, 1.82) is 0 Å². The molecule has 4 atom stereocenters. The van der Waals surface area contributed by atoms with Gasteiger partial charge in [0, 0.05) is 29.3 Å². The summed E-state index contributed by atoms with van der Waals surface area (Å²) in [5.41, 5.74) is 9.77. The highest BCUT2D eigenvalue weighted by atomic mass is 16.3. The van der Waals surface area contributed by atoms with Gasteiger partial charge in [0.2, 0.25) is 18.2 Å². The molecule has 4 unspecified atom stereocenters. The molecule has 1 heterocycles. The van der Waals surface area contributed by atoms with E-state index < -0.39 is 11.9 Å². The summed E-state index contributed by atoms with van der Waals surface area (Å²) in [6.45, 7) is 16.2. The number of allylic oxidation sites excluding steroid dienone is 3. The number of amides is 3. The van der Waals surface area contributed by atoms with Crippen molar-refractivity contribution >= 4 is 18.2 Å². The van der Waals surface area contributed by atoms with Gasteiger partial charge in [-0.2, -0.15) is 0 Å². The van der Waals surface area contributed by atoms with Crippen LogP contribution in [0.5, 0.6) is 5.75 Å². The molecule has 0 bridgehead atoms. The Kier molecular flexibility index (Phi) is 11.4. The molecular weight excluding hydrogens is 528 g/mol. The maximum absolute atomic E-state index is 13.1. The molecule has 0 radical (unpaired) electrons. The van der Waals surface area contributed by atoms with Gasteiger partial charge in [0.15, 0.2) is 0 Å². The zero-order valence-corrected chi connectivity index (χ0v) is 26.6. The summed E-state index contributed by atoms with van der Waals surface area (Å²) >= 11 is 0. The Morgan fingerprint density at radius 2 is 1.93 bits per heavy atom. The van der Waals surface area contributed by atoms with Gasteiger partial charge < -0.3 is 26.4 Å². The molecule has 42 heavy (non-hydrogen) atoms. The third-order valence-corrected chi connectivity index (χ3v) is 9.32.